The fourth-order valence-corrected chi connectivity index (χ4v) is 3.94. The van der Waals surface area contributed by atoms with E-state index in [1.807, 2.05) is 0 Å². The van der Waals surface area contributed by atoms with Gasteiger partial charge in [0.15, 0.2) is 5.43 Å². The molecule has 31 heavy (non-hydrogen) atoms. The van der Waals surface area contributed by atoms with Crippen molar-refractivity contribution < 1.29 is 14.1 Å². The lowest BCUT2D eigenvalue weighted by Crippen LogP contribution is -2.29. The molecule has 2 aromatic carbocycles. The van der Waals surface area contributed by atoms with Gasteiger partial charge in [-0.05, 0) is 47.5 Å². The largest absolute Gasteiger partial charge is 0.450 e. The van der Waals surface area contributed by atoms with Crippen LogP contribution >= 0.6 is 0 Å². The second-order valence-corrected chi connectivity index (χ2v) is 7.21. The fourth-order valence-electron chi connectivity index (χ4n) is 3.94. The summed E-state index contributed by atoms with van der Waals surface area (Å²) >= 11 is 0. The van der Waals surface area contributed by atoms with Crippen LogP contribution < -0.4 is 5.43 Å². The molecule has 8 heteroatoms. The van der Waals surface area contributed by atoms with Gasteiger partial charge in [0.25, 0.3) is 11.6 Å². The SMILES string of the molecule is O=C1c2oc3ccccc3c(=O)c2C(c2ccc([N+](=O)[O-])cc2)N1Cc1ccncc1. The third-order valence-corrected chi connectivity index (χ3v) is 5.40. The summed E-state index contributed by atoms with van der Waals surface area (Å²) in [6.45, 7) is 0.225. The van der Waals surface area contributed by atoms with Crippen molar-refractivity contribution in [2.45, 2.75) is 12.6 Å². The van der Waals surface area contributed by atoms with E-state index in [4.69, 9.17) is 4.42 Å². The minimum atomic E-state index is -0.725. The van der Waals surface area contributed by atoms with Crippen molar-refractivity contribution in [3.8, 4) is 0 Å². The van der Waals surface area contributed by atoms with Crippen LogP contribution in [0.5, 0.6) is 0 Å². The van der Waals surface area contributed by atoms with Gasteiger partial charge in [0.1, 0.15) is 5.58 Å². The maximum absolute atomic E-state index is 13.4. The number of non-ortho nitro benzene ring substituents is 1. The molecular weight excluding hydrogens is 398 g/mol. The first kappa shape index (κ1) is 18.7. The predicted octanol–water partition coefficient (Wildman–Crippen LogP) is 3.84. The van der Waals surface area contributed by atoms with Crippen LogP contribution in [-0.4, -0.2) is 20.7 Å². The maximum Gasteiger partial charge on any atom is 0.291 e. The molecule has 0 bridgehead atoms. The summed E-state index contributed by atoms with van der Waals surface area (Å²) in [5.74, 6) is -0.404. The summed E-state index contributed by atoms with van der Waals surface area (Å²) in [4.78, 5) is 42.8. The Balaban J connectivity index is 1.71. The molecule has 0 aliphatic carbocycles. The number of fused-ring (bicyclic) bond motifs is 2. The molecule has 1 aliphatic heterocycles. The lowest BCUT2D eigenvalue weighted by Gasteiger charge is -2.25. The second-order valence-electron chi connectivity index (χ2n) is 7.21. The summed E-state index contributed by atoms with van der Waals surface area (Å²) in [5.41, 5.74) is 1.65. The number of hydrogen-bond acceptors (Lipinski definition) is 6. The molecule has 1 atom stereocenters. The molecule has 0 radical (unpaired) electrons. The molecule has 1 amide bonds. The zero-order chi connectivity index (χ0) is 21.5. The van der Waals surface area contributed by atoms with Crippen LogP contribution in [0.3, 0.4) is 0 Å². The highest BCUT2D eigenvalue weighted by Gasteiger charge is 2.42. The first-order valence-corrected chi connectivity index (χ1v) is 9.54. The van der Waals surface area contributed by atoms with Crippen molar-refractivity contribution in [3.05, 3.63) is 116 Å². The highest BCUT2D eigenvalue weighted by molar-refractivity contribution is 5.99. The molecule has 152 valence electrons. The quantitative estimate of drug-likeness (QED) is 0.372. The molecule has 0 saturated carbocycles. The second kappa shape index (κ2) is 7.17. The Bertz CT molecular complexity index is 1380. The number of nitrogens with zero attached hydrogens (tertiary/aromatic N) is 3. The van der Waals surface area contributed by atoms with Crippen molar-refractivity contribution in [2.75, 3.05) is 0 Å². The lowest BCUT2D eigenvalue weighted by molar-refractivity contribution is -0.384. The third-order valence-electron chi connectivity index (χ3n) is 5.40. The first-order valence-electron chi connectivity index (χ1n) is 9.54. The molecule has 0 spiro atoms. The molecule has 4 aromatic rings. The molecule has 0 saturated heterocycles. The number of carbonyl (C=O) groups excluding carboxylic acids is 1. The van der Waals surface area contributed by atoms with Gasteiger partial charge in [-0.3, -0.25) is 24.7 Å². The zero-order valence-electron chi connectivity index (χ0n) is 16.1. The van der Waals surface area contributed by atoms with Crippen LogP contribution in [0.25, 0.3) is 11.0 Å². The molecule has 3 heterocycles. The predicted molar refractivity (Wildman–Crippen MR) is 112 cm³/mol. The van der Waals surface area contributed by atoms with Gasteiger partial charge in [0.05, 0.1) is 21.9 Å². The van der Waals surface area contributed by atoms with Gasteiger partial charge in [0, 0.05) is 31.1 Å². The highest BCUT2D eigenvalue weighted by atomic mass is 16.6. The van der Waals surface area contributed by atoms with E-state index in [9.17, 15) is 19.7 Å². The Morgan fingerprint density at radius 3 is 2.42 bits per heavy atom. The van der Waals surface area contributed by atoms with Gasteiger partial charge in [-0.2, -0.15) is 0 Å². The molecule has 8 nitrogen and oxygen atoms in total. The number of nitro benzene ring substituents is 1. The highest BCUT2D eigenvalue weighted by Crippen LogP contribution is 2.39. The Morgan fingerprint density at radius 2 is 1.71 bits per heavy atom. The van der Waals surface area contributed by atoms with Crippen LogP contribution in [0.15, 0.2) is 82.3 Å². The van der Waals surface area contributed by atoms with Crippen LogP contribution in [-0.2, 0) is 6.54 Å². The van der Waals surface area contributed by atoms with Crippen molar-refractivity contribution in [1.82, 2.24) is 9.88 Å². The van der Waals surface area contributed by atoms with Gasteiger partial charge < -0.3 is 9.32 Å². The van der Waals surface area contributed by atoms with Crippen molar-refractivity contribution in [2.24, 2.45) is 0 Å². The number of nitro groups is 1. The number of benzene rings is 2. The van der Waals surface area contributed by atoms with E-state index in [0.29, 0.717) is 16.5 Å². The monoisotopic (exact) mass is 413 g/mol. The average molecular weight is 413 g/mol. The standard InChI is InChI=1S/C23H15N3O5/c27-21-17-3-1-2-4-18(17)31-22-19(21)20(15-5-7-16(8-6-15)26(29)30)25(23(22)28)13-14-9-11-24-12-10-14/h1-12,20H,13H2. The van der Waals surface area contributed by atoms with E-state index in [1.165, 1.54) is 12.1 Å². The number of amides is 1. The van der Waals surface area contributed by atoms with Crippen molar-refractivity contribution >= 4 is 22.6 Å². The lowest BCUT2D eigenvalue weighted by atomic mass is 9.98. The number of aromatic nitrogens is 1. The number of hydrogen-bond donors (Lipinski definition) is 0. The van der Waals surface area contributed by atoms with E-state index in [2.05, 4.69) is 4.98 Å². The van der Waals surface area contributed by atoms with Gasteiger partial charge in [-0.15, -0.1) is 0 Å². The number of para-hydroxylation sites is 1. The summed E-state index contributed by atoms with van der Waals surface area (Å²) in [6, 6.07) is 15.5. The first-order chi connectivity index (χ1) is 15.0. The molecule has 1 aliphatic rings. The van der Waals surface area contributed by atoms with Gasteiger partial charge in [-0.1, -0.05) is 12.1 Å². The molecular formula is C23H15N3O5. The molecule has 5 rings (SSSR count). The van der Waals surface area contributed by atoms with Gasteiger partial charge >= 0.3 is 0 Å². The van der Waals surface area contributed by atoms with Crippen LogP contribution in [0.4, 0.5) is 5.69 Å². The zero-order valence-corrected chi connectivity index (χ0v) is 16.1. The van der Waals surface area contributed by atoms with E-state index < -0.39 is 16.9 Å². The smallest absolute Gasteiger partial charge is 0.291 e. The van der Waals surface area contributed by atoms with Gasteiger partial charge in [0.2, 0.25) is 5.76 Å². The van der Waals surface area contributed by atoms with E-state index >= 15 is 0 Å². The maximum atomic E-state index is 13.4. The molecule has 1 unspecified atom stereocenters. The minimum absolute atomic E-state index is 0.00103. The number of rotatable bonds is 4. The third kappa shape index (κ3) is 3.05. The molecule has 2 aromatic heterocycles. The fraction of sp³-hybridized carbons (Fsp3) is 0.0870. The Labute approximate surface area is 175 Å². The summed E-state index contributed by atoms with van der Waals surface area (Å²) in [7, 11) is 0. The van der Waals surface area contributed by atoms with E-state index in [1.54, 1.807) is 65.8 Å². The van der Waals surface area contributed by atoms with Crippen molar-refractivity contribution in [3.63, 3.8) is 0 Å². The summed E-state index contributed by atoms with van der Waals surface area (Å²) in [6.07, 6.45) is 3.25. The topological polar surface area (TPSA) is 107 Å². The molecule has 0 fully saturated rings. The Morgan fingerprint density at radius 1 is 1.00 bits per heavy atom. The number of pyridine rings is 1. The van der Waals surface area contributed by atoms with Gasteiger partial charge in [-0.25, -0.2) is 0 Å². The summed E-state index contributed by atoms with van der Waals surface area (Å²) in [5, 5.41) is 11.4. The van der Waals surface area contributed by atoms with E-state index in [0.717, 1.165) is 5.56 Å². The minimum Gasteiger partial charge on any atom is -0.450 e. The molecule has 0 N–H and O–H groups in total. The van der Waals surface area contributed by atoms with E-state index in [-0.39, 0.29) is 29.0 Å². The summed E-state index contributed by atoms with van der Waals surface area (Å²) < 4.78 is 5.87. The van der Waals surface area contributed by atoms with Crippen LogP contribution in [0.2, 0.25) is 0 Å². The Kier molecular flexibility index (Phi) is 4.32. The van der Waals surface area contributed by atoms with Crippen molar-refractivity contribution in [1.29, 1.82) is 0 Å². The normalized spacial score (nSPS) is 15.3. The van der Waals surface area contributed by atoms with Crippen LogP contribution in [0.1, 0.15) is 33.3 Å². The average Bonchev–Trinajstić information content (AvgIpc) is 3.06. The Hall–Kier alpha value is -4.33. The van der Waals surface area contributed by atoms with Crippen LogP contribution in [0, 0.1) is 10.1 Å². The number of carbonyl (C=O) groups is 1.